The minimum absolute atomic E-state index is 0.212. The lowest BCUT2D eigenvalue weighted by molar-refractivity contribution is -0.113. The number of hydrogen-bond acceptors (Lipinski definition) is 5. The number of benzene rings is 3. The number of fused-ring (bicyclic) bond motifs is 2. The van der Waals surface area contributed by atoms with Crippen LogP contribution in [0.15, 0.2) is 75.0 Å². The Morgan fingerprint density at radius 1 is 1.00 bits per heavy atom. The molecule has 1 aliphatic heterocycles. The van der Waals surface area contributed by atoms with Crippen molar-refractivity contribution < 1.29 is 9.21 Å². The van der Waals surface area contributed by atoms with Gasteiger partial charge in [-0.05, 0) is 29.7 Å². The summed E-state index contributed by atoms with van der Waals surface area (Å²) in [5.41, 5.74) is 0.829. The van der Waals surface area contributed by atoms with Gasteiger partial charge in [-0.15, -0.1) is 0 Å². The average molecular weight is 484 g/mol. The fourth-order valence-electron chi connectivity index (χ4n) is 3.50. The second-order valence-electron chi connectivity index (χ2n) is 6.80. The van der Waals surface area contributed by atoms with Crippen LogP contribution in [0.5, 0.6) is 0 Å². The number of halogens is 2. The lowest BCUT2D eigenvalue weighted by Gasteiger charge is -2.17. The number of carbonyl (C=O) groups excluding carboxylic acids is 1. The highest BCUT2D eigenvalue weighted by Crippen LogP contribution is 2.39. The molecule has 5 rings (SSSR count). The average Bonchev–Trinajstić information content (AvgIpc) is 3.03. The van der Waals surface area contributed by atoms with Crippen molar-refractivity contribution in [3.05, 3.63) is 91.6 Å². The highest BCUT2D eigenvalue weighted by molar-refractivity contribution is 8.27. The Kier molecular flexibility index (Phi) is 5.10. The van der Waals surface area contributed by atoms with Gasteiger partial charge in [-0.25, -0.2) is 0 Å². The third-order valence-electron chi connectivity index (χ3n) is 4.91. The second kappa shape index (κ2) is 7.80. The highest BCUT2D eigenvalue weighted by atomic mass is 35.5. The fourth-order valence-corrected chi connectivity index (χ4v) is 5.31. The highest BCUT2D eigenvalue weighted by Gasteiger charge is 2.34. The van der Waals surface area contributed by atoms with E-state index in [4.69, 9.17) is 39.8 Å². The lowest BCUT2D eigenvalue weighted by Crippen LogP contribution is -2.27. The first kappa shape index (κ1) is 20.3. The number of amides is 1. The summed E-state index contributed by atoms with van der Waals surface area (Å²) in [6.07, 6.45) is 2.78. The smallest absolute Gasteiger partial charge is 0.270 e. The molecular formula is C23H11Cl2NO3S2. The van der Waals surface area contributed by atoms with Crippen molar-refractivity contribution in [3.63, 3.8) is 0 Å². The van der Waals surface area contributed by atoms with E-state index in [2.05, 4.69) is 0 Å². The molecule has 8 heteroatoms. The summed E-state index contributed by atoms with van der Waals surface area (Å²) < 4.78 is 5.94. The molecule has 1 aromatic heterocycles. The van der Waals surface area contributed by atoms with Crippen LogP contribution in [-0.4, -0.2) is 10.2 Å². The minimum atomic E-state index is -0.332. The Morgan fingerprint density at radius 3 is 2.61 bits per heavy atom. The summed E-state index contributed by atoms with van der Waals surface area (Å²) in [4.78, 5) is 28.0. The van der Waals surface area contributed by atoms with Gasteiger partial charge < -0.3 is 4.42 Å². The van der Waals surface area contributed by atoms with Crippen LogP contribution in [0.4, 0.5) is 5.69 Å². The summed E-state index contributed by atoms with van der Waals surface area (Å²) in [5.74, 6) is -0.296. The van der Waals surface area contributed by atoms with Crippen LogP contribution < -0.4 is 10.3 Å². The van der Waals surface area contributed by atoms with Crippen molar-refractivity contribution in [3.8, 4) is 0 Å². The van der Waals surface area contributed by atoms with E-state index in [0.29, 0.717) is 19.9 Å². The lowest BCUT2D eigenvalue weighted by atomic mass is 10.1. The van der Waals surface area contributed by atoms with E-state index in [1.165, 1.54) is 29.4 Å². The molecule has 0 atom stereocenters. The van der Waals surface area contributed by atoms with Gasteiger partial charge in [0, 0.05) is 10.4 Å². The van der Waals surface area contributed by atoms with Gasteiger partial charge in [0.05, 0.1) is 26.6 Å². The first-order chi connectivity index (χ1) is 14.9. The molecular weight excluding hydrogens is 473 g/mol. The van der Waals surface area contributed by atoms with E-state index >= 15 is 0 Å². The van der Waals surface area contributed by atoms with Crippen LogP contribution in [0.25, 0.3) is 27.8 Å². The zero-order valence-corrected chi connectivity index (χ0v) is 18.7. The Hall–Kier alpha value is -2.64. The molecule has 1 fully saturated rings. The quantitative estimate of drug-likeness (QED) is 0.235. The summed E-state index contributed by atoms with van der Waals surface area (Å²) in [5, 5.41) is 2.73. The van der Waals surface area contributed by atoms with Crippen molar-refractivity contribution in [2.24, 2.45) is 0 Å². The van der Waals surface area contributed by atoms with Gasteiger partial charge in [-0.3, -0.25) is 14.5 Å². The maximum atomic E-state index is 13.2. The van der Waals surface area contributed by atoms with Gasteiger partial charge >= 0.3 is 0 Å². The van der Waals surface area contributed by atoms with Gasteiger partial charge in [0.15, 0.2) is 15.3 Å². The number of anilines is 1. The summed E-state index contributed by atoms with van der Waals surface area (Å²) in [7, 11) is 0. The predicted octanol–water partition coefficient (Wildman–Crippen LogP) is 6.66. The summed E-state index contributed by atoms with van der Waals surface area (Å²) in [6, 6.07) is 16.5. The standard InChI is InChI=1S/C23H11Cl2NO3S2/c24-14-9-16-20(27)13(11-29-21(16)17(25)10-14)8-19-22(28)26(23(30)31-19)18-7-3-5-12-4-1-2-6-15(12)18/h1-11H/b19-8+. The van der Waals surface area contributed by atoms with Crippen molar-refractivity contribution in [1.29, 1.82) is 0 Å². The zero-order valence-electron chi connectivity index (χ0n) is 15.6. The Labute approximate surface area is 196 Å². The van der Waals surface area contributed by atoms with Crippen LogP contribution in [0.2, 0.25) is 10.0 Å². The molecule has 3 aromatic carbocycles. The Bertz CT molecular complexity index is 1510. The molecule has 0 spiro atoms. The number of nitrogens with zero attached hydrogens (tertiary/aromatic N) is 1. The molecule has 1 aliphatic rings. The summed E-state index contributed by atoms with van der Waals surface area (Å²) in [6.45, 7) is 0. The molecule has 0 unspecified atom stereocenters. The topological polar surface area (TPSA) is 50.5 Å². The van der Waals surface area contributed by atoms with Crippen molar-refractivity contribution in [1.82, 2.24) is 0 Å². The molecule has 31 heavy (non-hydrogen) atoms. The number of hydrogen-bond donors (Lipinski definition) is 0. The molecule has 152 valence electrons. The van der Waals surface area contributed by atoms with Gasteiger partial charge in [0.1, 0.15) is 6.26 Å². The molecule has 0 radical (unpaired) electrons. The largest absolute Gasteiger partial charge is 0.462 e. The maximum absolute atomic E-state index is 13.2. The van der Waals surface area contributed by atoms with Gasteiger partial charge in [0.2, 0.25) is 0 Å². The van der Waals surface area contributed by atoms with Crippen LogP contribution in [0.1, 0.15) is 5.56 Å². The third-order valence-corrected chi connectivity index (χ3v) is 6.71. The van der Waals surface area contributed by atoms with E-state index < -0.39 is 0 Å². The maximum Gasteiger partial charge on any atom is 0.270 e. The SMILES string of the molecule is O=C1/C(=C\c2coc3c(Cl)cc(Cl)cc3c2=O)SC(=S)N1c1cccc2ccccc12. The second-order valence-corrected chi connectivity index (χ2v) is 9.32. The van der Waals surface area contributed by atoms with E-state index in [0.717, 1.165) is 22.5 Å². The molecule has 2 heterocycles. The molecule has 1 saturated heterocycles. The van der Waals surface area contributed by atoms with Crippen LogP contribution in [0.3, 0.4) is 0 Å². The van der Waals surface area contributed by atoms with Gasteiger partial charge in [-0.2, -0.15) is 0 Å². The fraction of sp³-hybridized carbons (Fsp3) is 0. The van der Waals surface area contributed by atoms with E-state index in [1.54, 1.807) is 0 Å². The monoisotopic (exact) mass is 483 g/mol. The van der Waals surface area contributed by atoms with Crippen LogP contribution in [0, 0.1) is 0 Å². The van der Waals surface area contributed by atoms with Crippen molar-refractivity contribution in [2.75, 3.05) is 4.90 Å². The molecule has 0 N–H and O–H groups in total. The Morgan fingerprint density at radius 2 is 1.77 bits per heavy atom. The Balaban J connectivity index is 1.60. The molecule has 4 nitrogen and oxygen atoms in total. The first-order valence-electron chi connectivity index (χ1n) is 9.10. The number of rotatable bonds is 2. The predicted molar refractivity (Wildman–Crippen MR) is 132 cm³/mol. The van der Waals surface area contributed by atoms with E-state index in [1.807, 2.05) is 42.5 Å². The molecule has 4 aromatic rings. The van der Waals surface area contributed by atoms with Crippen LogP contribution in [-0.2, 0) is 4.79 Å². The normalized spacial score (nSPS) is 15.5. The number of thioether (sulfide) groups is 1. The minimum Gasteiger partial charge on any atom is -0.462 e. The molecule has 0 saturated carbocycles. The third kappa shape index (κ3) is 3.46. The van der Waals surface area contributed by atoms with Crippen molar-refractivity contribution in [2.45, 2.75) is 0 Å². The van der Waals surface area contributed by atoms with Gasteiger partial charge in [-0.1, -0.05) is 83.6 Å². The van der Waals surface area contributed by atoms with Crippen LogP contribution >= 0.6 is 47.2 Å². The zero-order chi connectivity index (χ0) is 21.7. The van der Waals surface area contributed by atoms with E-state index in [-0.39, 0.29) is 32.9 Å². The van der Waals surface area contributed by atoms with Gasteiger partial charge in [0.25, 0.3) is 5.91 Å². The molecule has 0 aliphatic carbocycles. The first-order valence-corrected chi connectivity index (χ1v) is 11.1. The number of carbonyl (C=O) groups is 1. The van der Waals surface area contributed by atoms with E-state index in [9.17, 15) is 9.59 Å². The number of thiocarbonyl (C=S) groups is 1. The molecule has 0 bridgehead atoms. The molecule has 1 amide bonds. The van der Waals surface area contributed by atoms with Crippen molar-refractivity contribution >= 4 is 90.9 Å². The summed E-state index contributed by atoms with van der Waals surface area (Å²) >= 11 is 18.8.